The molecule has 1 rings (SSSR count). The lowest BCUT2D eigenvalue weighted by molar-refractivity contribution is -0.0969. The summed E-state index contributed by atoms with van der Waals surface area (Å²) in [5.74, 6) is 5.71. The lowest BCUT2D eigenvalue weighted by Gasteiger charge is -2.09. The van der Waals surface area contributed by atoms with Crippen LogP contribution < -0.4 is 5.73 Å². The van der Waals surface area contributed by atoms with Gasteiger partial charge in [0, 0.05) is 13.2 Å². The van der Waals surface area contributed by atoms with Crippen molar-refractivity contribution in [3.8, 4) is 11.8 Å². The van der Waals surface area contributed by atoms with E-state index in [2.05, 4.69) is 32.8 Å². The number of anilines is 1. The number of rotatable bonds is 4. The van der Waals surface area contributed by atoms with E-state index < -0.39 is 6.29 Å². The molecule has 0 aliphatic carbocycles. The van der Waals surface area contributed by atoms with E-state index >= 15 is 0 Å². The predicted octanol–water partition coefficient (Wildman–Crippen LogP) is 2.18. The molecular formula is C12H15BrN2O2. The zero-order valence-corrected chi connectivity index (χ0v) is 11.5. The number of hydrogen-bond donors (Lipinski definition) is 1. The van der Waals surface area contributed by atoms with Crippen molar-refractivity contribution in [3.63, 3.8) is 0 Å². The van der Waals surface area contributed by atoms with Gasteiger partial charge in [-0.1, -0.05) is 0 Å². The Hall–Kier alpha value is -1.09. The third-order valence-electron chi connectivity index (χ3n) is 1.84. The Balaban J connectivity index is 2.83. The van der Waals surface area contributed by atoms with Crippen LogP contribution in [0, 0.1) is 11.8 Å². The second-order valence-electron chi connectivity index (χ2n) is 3.08. The molecule has 0 atom stereocenters. The number of nitrogens with zero attached hydrogens (tertiary/aromatic N) is 1. The normalized spacial score (nSPS) is 10.1. The Morgan fingerprint density at radius 3 is 2.59 bits per heavy atom. The maximum Gasteiger partial charge on any atom is 0.222 e. The van der Waals surface area contributed by atoms with Crippen LogP contribution in [0.3, 0.4) is 0 Å². The Bertz CT molecular complexity index is 420. The number of aromatic nitrogens is 1. The highest BCUT2D eigenvalue weighted by atomic mass is 79.9. The van der Waals surface area contributed by atoms with Crippen LogP contribution in [0.1, 0.15) is 19.5 Å². The molecule has 0 aliphatic heterocycles. The first-order valence-electron chi connectivity index (χ1n) is 5.34. The van der Waals surface area contributed by atoms with Crippen LogP contribution in [-0.4, -0.2) is 24.5 Å². The molecule has 0 unspecified atom stereocenters. The molecule has 1 aromatic rings. The number of ether oxygens (including phenoxy) is 2. The molecule has 0 spiro atoms. The van der Waals surface area contributed by atoms with Gasteiger partial charge in [-0.05, 0) is 53.8 Å². The Kier molecular flexibility index (Phi) is 5.98. The Morgan fingerprint density at radius 2 is 2.00 bits per heavy atom. The Labute approximate surface area is 110 Å². The summed E-state index contributed by atoms with van der Waals surface area (Å²) in [6.45, 7) is 4.86. The first-order valence-corrected chi connectivity index (χ1v) is 6.13. The van der Waals surface area contributed by atoms with E-state index in [1.54, 1.807) is 12.1 Å². The SMILES string of the molecule is CCOC(C#Cc1nc(Br)ccc1N)OCC. The van der Waals surface area contributed by atoms with Crippen LogP contribution in [-0.2, 0) is 9.47 Å². The number of nitrogens with two attached hydrogens (primary N) is 1. The molecule has 4 nitrogen and oxygen atoms in total. The number of hydrogen-bond acceptors (Lipinski definition) is 4. The van der Waals surface area contributed by atoms with Gasteiger partial charge in [0.1, 0.15) is 10.3 Å². The van der Waals surface area contributed by atoms with Crippen molar-refractivity contribution in [2.24, 2.45) is 0 Å². The molecule has 1 aromatic heterocycles. The molecule has 0 aromatic carbocycles. The lowest BCUT2D eigenvalue weighted by atomic mass is 10.3. The highest BCUT2D eigenvalue weighted by molar-refractivity contribution is 9.10. The fraction of sp³-hybridized carbons (Fsp3) is 0.417. The zero-order chi connectivity index (χ0) is 12.7. The third kappa shape index (κ3) is 4.73. The van der Waals surface area contributed by atoms with Gasteiger partial charge < -0.3 is 15.2 Å². The maximum absolute atomic E-state index is 5.76. The van der Waals surface area contributed by atoms with Gasteiger partial charge in [0.15, 0.2) is 0 Å². The van der Waals surface area contributed by atoms with Crippen molar-refractivity contribution in [2.75, 3.05) is 18.9 Å². The van der Waals surface area contributed by atoms with Crippen LogP contribution in [0.25, 0.3) is 0 Å². The van der Waals surface area contributed by atoms with Crippen LogP contribution in [0.5, 0.6) is 0 Å². The van der Waals surface area contributed by atoms with E-state index in [4.69, 9.17) is 15.2 Å². The van der Waals surface area contributed by atoms with E-state index in [0.717, 1.165) is 0 Å². The summed E-state index contributed by atoms with van der Waals surface area (Å²) in [5.41, 5.74) is 6.81. The quantitative estimate of drug-likeness (QED) is 0.526. The third-order valence-corrected chi connectivity index (χ3v) is 2.28. The molecule has 92 valence electrons. The summed E-state index contributed by atoms with van der Waals surface area (Å²) in [6.07, 6.45) is -0.537. The first-order chi connectivity index (χ1) is 8.17. The molecule has 0 fully saturated rings. The molecule has 2 N–H and O–H groups in total. The first kappa shape index (κ1) is 14.0. The minimum atomic E-state index is -0.537. The van der Waals surface area contributed by atoms with Crippen molar-refractivity contribution in [2.45, 2.75) is 20.1 Å². The van der Waals surface area contributed by atoms with Crippen molar-refractivity contribution in [1.29, 1.82) is 0 Å². The second kappa shape index (κ2) is 7.28. The van der Waals surface area contributed by atoms with Crippen molar-refractivity contribution in [3.05, 3.63) is 22.4 Å². The average Bonchev–Trinajstić information content (AvgIpc) is 2.30. The summed E-state index contributed by atoms with van der Waals surface area (Å²) in [7, 11) is 0. The minimum absolute atomic E-state index is 0.517. The fourth-order valence-electron chi connectivity index (χ4n) is 1.11. The molecule has 5 heteroatoms. The van der Waals surface area contributed by atoms with Crippen LogP contribution >= 0.6 is 15.9 Å². The predicted molar refractivity (Wildman–Crippen MR) is 70.3 cm³/mol. The summed E-state index contributed by atoms with van der Waals surface area (Å²) < 4.78 is 11.3. The van der Waals surface area contributed by atoms with E-state index in [-0.39, 0.29) is 0 Å². The van der Waals surface area contributed by atoms with Gasteiger partial charge in [0.2, 0.25) is 6.29 Å². The number of pyridine rings is 1. The Morgan fingerprint density at radius 1 is 1.35 bits per heavy atom. The summed E-state index contributed by atoms with van der Waals surface area (Å²) in [5, 5.41) is 0. The molecule has 1 heterocycles. The van der Waals surface area contributed by atoms with Gasteiger partial charge in [0.05, 0.1) is 5.69 Å². The fourth-order valence-corrected chi connectivity index (χ4v) is 1.42. The van der Waals surface area contributed by atoms with E-state index in [1.807, 2.05) is 13.8 Å². The van der Waals surface area contributed by atoms with Crippen LogP contribution in [0.4, 0.5) is 5.69 Å². The van der Waals surface area contributed by atoms with Crippen LogP contribution in [0.2, 0.25) is 0 Å². The smallest absolute Gasteiger partial charge is 0.222 e. The topological polar surface area (TPSA) is 57.4 Å². The van der Waals surface area contributed by atoms with Crippen LogP contribution in [0.15, 0.2) is 16.7 Å². The van der Waals surface area contributed by atoms with Gasteiger partial charge >= 0.3 is 0 Å². The number of halogens is 1. The zero-order valence-electron chi connectivity index (χ0n) is 9.87. The second-order valence-corrected chi connectivity index (χ2v) is 3.90. The van der Waals surface area contributed by atoms with Gasteiger partial charge in [-0.15, -0.1) is 0 Å². The molecule has 0 amide bonds. The lowest BCUT2D eigenvalue weighted by Crippen LogP contribution is -2.14. The summed E-state index contributed by atoms with van der Waals surface area (Å²) in [6, 6.07) is 3.51. The highest BCUT2D eigenvalue weighted by Gasteiger charge is 2.03. The monoisotopic (exact) mass is 298 g/mol. The molecule has 0 bridgehead atoms. The largest absolute Gasteiger partial charge is 0.396 e. The molecule has 0 aliphatic rings. The molecule has 17 heavy (non-hydrogen) atoms. The molecule has 0 saturated carbocycles. The minimum Gasteiger partial charge on any atom is -0.396 e. The molecule has 0 radical (unpaired) electrons. The summed E-state index contributed by atoms with van der Waals surface area (Å²) >= 11 is 3.27. The van der Waals surface area contributed by atoms with Gasteiger partial charge in [0.25, 0.3) is 0 Å². The van der Waals surface area contributed by atoms with Gasteiger partial charge in [-0.2, -0.15) is 0 Å². The number of nitrogen functional groups attached to an aromatic ring is 1. The highest BCUT2D eigenvalue weighted by Crippen LogP contribution is 2.12. The average molecular weight is 299 g/mol. The van der Waals surface area contributed by atoms with Crippen molar-refractivity contribution < 1.29 is 9.47 Å². The van der Waals surface area contributed by atoms with E-state index in [0.29, 0.717) is 29.2 Å². The van der Waals surface area contributed by atoms with E-state index in [9.17, 15) is 0 Å². The van der Waals surface area contributed by atoms with Crippen molar-refractivity contribution in [1.82, 2.24) is 4.98 Å². The van der Waals surface area contributed by atoms with Gasteiger partial charge in [-0.3, -0.25) is 0 Å². The molecular weight excluding hydrogens is 284 g/mol. The molecule has 0 saturated heterocycles. The van der Waals surface area contributed by atoms with Crippen molar-refractivity contribution >= 4 is 21.6 Å². The van der Waals surface area contributed by atoms with Gasteiger partial charge in [-0.25, -0.2) is 4.98 Å². The standard InChI is InChI=1S/C12H15BrN2O2/c1-3-16-12(17-4-2)8-6-10-9(14)5-7-11(13)15-10/h5,7,12H,3-4,14H2,1-2H3. The summed E-state index contributed by atoms with van der Waals surface area (Å²) in [4.78, 5) is 4.17. The van der Waals surface area contributed by atoms with E-state index in [1.165, 1.54) is 0 Å². The maximum atomic E-state index is 5.76.